The van der Waals surface area contributed by atoms with Gasteiger partial charge in [0, 0.05) is 25.5 Å². The second-order valence-corrected chi connectivity index (χ2v) is 5.70. The molecule has 21 heavy (non-hydrogen) atoms. The molecule has 0 aliphatic heterocycles. The Morgan fingerprint density at radius 1 is 1.10 bits per heavy atom. The molecule has 2 rings (SSSR count). The third-order valence-electron chi connectivity index (χ3n) is 3.81. The van der Waals surface area contributed by atoms with Crippen LogP contribution in [0.25, 0.3) is 0 Å². The maximum Gasteiger partial charge on any atom is 0.0827 e. The Morgan fingerprint density at radius 3 is 2.43 bits per heavy atom. The lowest BCUT2D eigenvalue weighted by Crippen LogP contribution is -2.29. The summed E-state index contributed by atoms with van der Waals surface area (Å²) in [5.74, 6) is 0.204. The Bertz CT molecular complexity index is 515. The van der Waals surface area contributed by atoms with Crippen molar-refractivity contribution in [3.8, 4) is 0 Å². The molecule has 0 amide bonds. The highest BCUT2D eigenvalue weighted by atomic mass is 16.3. The van der Waals surface area contributed by atoms with Crippen molar-refractivity contribution in [1.82, 2.24) is 9.88 Å². The molecule has 1 aromatic carbocycles. The minimum atomic E-state index is -0.408. The Kier molecular flexibility index (Phi) is 5.90. The zero-order valence-corrected chi connectivity index (χ0v) is 12.8. The van der Waals surface area contributed by atoms with Crippen molar-refractivity contribution in [2.45, 2.75) is 19.4 Å². The van der Waals surface area contributed by atoms with Crippen LogP contribution in [0.5, 0.6) is 0 Å². The van der Waals surface area contributed by atoms with E-state index in [4.69, 9.17) is 0 Å². The number of aliphatic hydroxyl groups is 1. The lowest BCUT2D eigenvalue weighted by atomic mass is 9.97. The molecule has 0 fully saturated rings. The lowest BCUT2D eigenvalue weighted by molar-refractivity contribution is 0.0952. The monoisotopic (exact) mass is 284 g/mol. The summed E-state index contributed by atoms with van der Waals surface area (Å²) >= 11 is 0. The number of rotatable bonds is 7. The van der Waals surface area contributed by atoms with Gasteiger partial charge in [0.15, 0.2) is 0 Å². The first-order chi connectivity index (χ1) is 10.2. The van der Waals surface area contributed by atoms with Crippen molar-refractivity contribution in [2.75, 3.05) is 20.1 Å². The first kappa shape index (κ1) is 15.7. The number of hydrogen-bond donors (Lipinski definition) is 1. The van der Waals surface area contributed by atoms with Crippen LogP contribution in [0.2, 0.25) is 0 Å². The molecular weight excluding hydrogens is 260 g/mol. The van der Waals surface area contributed by atoms with Gasteiger partial charge in [-0.1, -0.05) is 37.3 Å². The van der Waals surface area contributed by atoms with E-state index in [2.05, 4.69) is 36.0 Å². The molecule has 0 saturated carbocycles. The molecule has 1 aromatic heterocycles. The van der Waals surface area contributed by atoms with Gasteiger partial charge in [0.05, 0.1) is 6.10 Å². The van der Waals surface area contributed by atoms with E-state index in [1.807, 2.05) is 42.7 Å². The van der Waals surface area contributed by atoms with E-state index in [9.17, 15) is 5.11 Å². The van der Waals surface area contributed by atoms with Gasteiger partial charge >= 0.3 is 0 Å². The van der Waals surface area contributed by atoms with Crippen LogP contribution in [-0.2, 0) is 6.42 Å². The van der Waals surface area contributed by atoms with Crippen molar-refractivity contribution in [1.29, 1.82) is 0 Å². The van der Waals surface area contributed by atoms with Crippen molar-refractivity contribution in [2.24, 2.45) is 5.92 Å². The van der Waals surface area contributed by atoms with E-state index in [1.165, 1.54) is 5.56 Å². The van der Waals surface area contributed by atoms with Crippen LogP contribution in [0.1, 0.15) is 24.2 Å². The van der Waals surface area contributed by atoms with E-state index >= 15 is 0 Å². The maximum absolute atomic E-state index is 10.4. The van der Waals surface area contributed by atoms with Gasteiger partial charge in [-0.05, 0) is 42.6 Å². The second kappa shape index (κ2) is 7.91. The summed E-state index contributed by atoms with van der Waals surface area (Å²) in [6, 6.07) is 14.0. The van der Waals surface area contributed by atoms with Crippen LogP contribution in [-0.4, -0.2) is 35.1 Å². The van der Waals surface area contributed by atoms with Crippen LogP contribution in [0.3, 0.4) is 0 Å². The minimum Gasteiger partial charge on any atom is -0.388 e. The fraction of sp³-hybridized carbons (Fsp3) is 0.389. The smallest absolute Gasteiger partial charge is 0.0827 e. The summed E-state index contributed by atoms with van der Waals surface area (Å²) in [6.07, 6.45) is 4.26. The highest BCUT2D eigenvalue weighted by molar-refractivity contribution is 5.17. The predicted octanol–water partition coefficient (Wildman–Crippen LogP) is 2.93. The molecule has 2 unspecified atom stereocenters. The van der Waals surface area contributed by atoms with E-state index in [0.29, 0.717) is 0 Å². The lowest BCUT2D eigenvalue weighted by Gasteiger charge is -2.25. The molecule has 0 spiro atoms. The second-order valence-electron chi connectivity index (χ2n) is 5.70. The Morgan fingerprint density at radius 2 is 1.76 bits per heavy atom. The maximum atomic E-state index is 10.4. The molecule has 2 aromatic rings. The van der Waals surface area contributed by atoms with Crippen molar-refractivity contribution >= 4 is 0 Å². The van der Waals surface area contributed by atoms with Gasteiger partial charge in [0.1, 0.15) is 0 Å². The number of hydrogen-bond acceptors (Lipinski definition) is 3. The highest BCUT2D eigenvalue weighted by Crippen LogP contribution is 2.22. The number of likely N-dealkylation sites (N-methyl/N-ethyl adjacent to an activating group) is 1. The Hall–Kier alpha value is -1.71. The van der Waals surface area contributed by atoms with Gasteiger partial charge in [-0.2, -0.15) is 0 Å². The molecule has 3 nitrogen and oxygen atoms in total. The van der Waals surface area contributed by atoms with Gasteiger partial charge in [0.2, 0.25) is 0 Å². The third kappa shape index (κ3) is 4.96. The molecular formula is C18H24N2O. The van der Waals surface area contributed by atoms with Crippen molar-refractivity contribution in [3.63, 3.8) is 0 Å². The molecule has 0 aliphatic carbocycles. The summed E-state index contributed by atoms with van der Waals surface area (Å²) in [6.45, 7) is 3.96. The van der Waals surface area contributed by atoms with Crippen LogP contribution in [0.15, 0.2) is 54.9 Å². The topological polar surface area (TPSA) is 36.4 Å². The Labute approximate surface area is 127 Å². The summed E-state index contributed by atoms with van der Waals surface area (Å²) in [5.41, 5.74) is 2.29. The first-order valence-corrected chi connectivity index (χ1v) is 7.47. The molecule has 0 radical (unpaired) electrons. The van der Waals surface area contributed by atoms with Gasteiger partial charge < -0.3 is 10.0 Å². The molecule has 0 bridgehead atoms. The average Bonchev–Trinajstić information content (AvgIpc) is 2.54. The Balaban J connectivity index is 1.80. The standard InChI is InChI=1S/C18H24N2O/c1-15(18(21)17-6-4-3-5-7-17)14-20(2)13-10-16-8-11-19-12-9-16/h3-9,11-12,15,18,21H,10,13-14H2,1-2H3. The minimum absolute atomic E-state index is 0.204. The SMILES string of the molecule is CC(CN(C)CCc1ccncc1)C(O)c1ccccc1. The zero-order valence-electron chi connectivity index (χ0n) is 12.8. The normalized spacial score (nSPS) is 14.1. The fourth-order valence-electron chi connectivity index (χ4n) is 2.53. The molecule has 0 saturated heterocycles. The number of aromatic nitrogens is 1. The number of nitrogens with zero attached hydrogens (tertiary/aromatic N) is 2. The quantitative estimate of drug-likeness (QED) is 0.849. The van der Waals surface area contributed by atoms with Gasteiger partial charge in [-0.3, -0.25) is 4.98 Å². The molecule has 0 aliphatic rings. The van der Waals surface area contributed by atoms with Gasteiger partial charge in [-0.25, -0.2) is 0 Å². The van der Waals surface area contributed by atoms with Crippen molar-refractivity contribution in [3.05, 3.63) is 66.0 Å². The number of pyridine rings is 1. The van der Waals surface area contributed by atoms with E-state index in [1.54, 1.807) is 0 Å². The number of aliphatic hydroxyl groups excluding tert-OH is 1. The average molecular weight is 284 g/mol. The van der Waals surface area contributed by atoms with Gasteiger partial charge in [-0.15, -0.1) is 0 Å². The summed E-state index contributed by atoms with van der Waals surface area (Å²) < 4.78 is 0. The van der Waals surface area contributed by atoms with Crippen LogP contribution in [0, 0.1) is 5.92 Å². The van der Waals surface area contributed by atoms with Crippen molar-refractivity contribution < 1.29 is 5.11 Å². The van der Waals surface area contributed by atoms with Crippen LogP contribution < -0.4 is 0 Å². The first-order valence-electron chi connectivity index (χ1n) is 7.47. The summed E-state index contributed by atoms with van der Waals surface area (Å²) in [7, 11) is 2.11. The fourth-order valence-corrected chi connectivity index (χ4v) is 2.53. The van der Waals surface area contributed by atoms with Crippen LogP contribution in [0.4, 0.5) is 0 Å². The van der Waals surface area contributed by atoms with E-state index in [-0.39, 0.29) is 5.92 Å². The molecule has 3 heteroatoms. The third-order valence-corrected chi connectivity index (χ3v) is 3.81. The van der Waals surface area contributed by atoms with E-state index in [0.717, 1.165) is 25.1 Å². The van der Waals surface area contributed by atoms with Gasteiger partial charge in [0.25, 0.3) is 0 Å². The predicted molar refractivity (Wildman–Crippen MR) is 86.0 cm³/mol. The summed E-state index contributed by atoms with van der Waals surface area (Å²) in [5, 5.41) is 10.4. The molecule has 2 atom stereocenters. The summed E-state index contributed by atoms with van der Waals surface area (Å²) in [4.78, 5) is 6.31. The highest BCUT2D eigenvalue weighted by Gasteiger charge is 2.17. The molecule has 112 valence electrons. The molecule has 1 heterocycles. The molecule has 1 N–H and O–H groups in total. The zero-order chi connectivity index (χ0) is 15.1. The largest absolute Gasteiger partial charge is 0.388 e. The van der Waals surface area contributed by atoms with E-state index < -0.39 is 6.10 Å². The number of benzene rings is 1. The van der Waals surface area contributed by atoms with Crippen LogP contribution >= 0.6 is 0 Å².